The molecule has 20 heavy (non-hydrogen) atoms. The van der Waals surface area contributed by atoms with Gasteiger partial charge in [-0.15, -0.1) is 0 Å². The van der Waals surface area contributed by atoms with E-state index in [0.29, 0.717) is 5.56 Å². The van der Waals surface area contributed by atoms with Crippen LogP contribution in [0.25, 0.3) is 0 Å². The molecule has 0 aliphatic heterocycles. The van der Waals surface area contributed by atoms with Gasteiger partial charge in [0.15, 0.2) is 0 Å². The number of nitrogens with zero attached hydrogens (tertiary/aromatic N) is 2. The SMILES string of the molecule is CCCNc1ccc(C(=O)N(C)c2cccnc2)cc1. The van der Waals surface area contributed by atoms with Crippen molar-refractivity contribution in [1.29, 1.82) is 0 Å². The molecule has 0 fully saturated rings. The van der Waals surface area contributed by atoms with E-state index in [-0.39, 0.29) is 5.91 Å². The molecule has 4 nitrogen and oxygen atoms in total. The first kappa shape index (κ1) is 14.1. The van der Waals surface area contributed by atoms with Crippen LogP contribution in [0.15, 0.2) is 48.8 Å². The number of benzene rings is 1. The number of pyridine rings is 1. The number of carbonyl (C=O) groups excluding carboxylic acids is 1. The highest BCUT2D eigenvalue weighted by atomic mass is 16.2. The molecule has 2 rings (SSSR count). The van der Waals surface area contributed by atoms with Crippen LogP contribution >= 0.6 is 0 Å². The summed E-state index contributed by atoms with van der Waals surface area (Å²) in [5.74, 6) is -0.0416. The number of amides is 1. The fourth-order valence-electron chi connectivity index (χ4n) is 1.86. The molecule has 1 amide bonds. The summed E-state index contributed by atoms with van der Waals surface area (Å²) in [6.07, 6.45) is 4.44. The zero-order chi connectivity index (χ0) is 14.4. The second kappa shape index (κ2) is 6.70. The standard InChI is InChI=1S/C16H19N3O/c1-3-10-18-14-8-6-13(7-9-14)16(20)19(2)15-5-4-11-17-12-15/h4-9,11-12,18H,3,10H2,1-2H3. The van der Waals surface area contributed by atoms with Gasteiger partial charge in [0, 0.05) is 31.0 Å². The van der Waals surface area contributed by atoms with Gasteiger partial charge < -0.3 is 10.2 Å². The Morgan fingerprint density at radius 2 is 2.00 bits per heavy atom. The average molecular weight is 269 g/mol. The van der Waals surface area contributed by atoms with E-state index in [1.165, 1.54) is 0 Å². The molecule has 0 saturated heterocycles. The highest BCUT2D eigenvalue weighted by Gasteiger charge is 2.13. The van der Waals surface area contributed by atoms with Crippen molar-refractivity contribution in [2.24, 2.45) is 0 Å². The lowest BCUT2D eigenvalue weighted by molar-refractivity contribution is 0.0993. The molecule has 0 aliphatic carbocycles. The molecule has 0 radical (unpaired) electrons. The molecule has 0 spiro atoms. The fraction of sp³-hybridized carbons (Fsp3) is 0.250. The number of carbonyl (C=O) groups is 1. The highest BCUT2D eigenvalue weighted by Crippen LogP contribution is 2.15. The van der Waals surface area contributed by atoms with E-state index >= 15 is 0 Å². The van der Waals surface area contributed by atoms with Gasteiger partial charge in [0.1, 0.15) is 0 Å². The van der Waals surface area contributed by atoms with Gasteiger partial charge in [0.2, 0.25) is 0 Å². The molecule has 0 bridgehead atoms. The second-order valence-corrected chi connectivity index (χ2v) is 4.58. The molecule has 0 unspecified atom stereocenters. The Balaban J connectivity index is 2.09. The Kier molecular flexibility index (Phi) is 4.71. The summed E-state index contributed by atoms with van der Waals surface area (Å²) in [6.45, 7) is 3.05. The Morgan fingerprint density at radius 1 is 1.25 bits per heavy atom. The van der Waals surface area contributed by atoms with Crippen LogP contribution in [0.3, 0.4) is 0 Å². The van der Waals surface area contributed by atoms with Crippen LogP contribution in [0.2, 0.25) is 0 Å². The first-order valence-corrected chi connectivity index (χ1v) is 6.74. The third-order valence-electron chi connectivity index (χ3n) is 3.05. The molecule has 1 heterocycles. The predicted octanol–water partition coefficient (Wildman–Crippen LogP) is 3.18. The number of nitrogens with one attached hydrogen (secondary N) is 1. The quantitative estimate of drug-likeness (QED) is 0.906. The summed E-state index contributed by atoms with van der Waals surface area (Å²) < 4.78 is 0. The minimum atomic E-state index is -0.0416. The number of anilines is 2. The summed E-state index contributed by atoms with van der Waals surface area (Å²) in [7, 11) is 1.75. The molecule has 1 N–H and O–H groups in total. The summed E-state index contributed by atoms with van der Waals surface area (Å²) in [6, 6.07) is 11.2. The summed E-state index contributed by atoms with van der Waals surface area (Å²) in [4.78, 5) is 18.0. The highest BCUT2D eigenvalue weighted by molar-refractivity contribution is 6.05. The fourth-order valence-corrected chi connectivity index (χ4v) is 1.86. The van der Waals surface area contributed by atoms with Crippen LogP contribution in [0, 0.1) is 0 Å². The number of rotatable bonds is 5. The van der Waals surface area contributed by atoms with Crippen molar-refractivity contribution in [2.45, 2.75) is 13.3 Å². The van der Waals surface area contributed by atoms with Gasteiger partial charge in [0.05, 0.1) is 11.9 Å². The normalized spacial score (nSPS) is 10.1. The molecular weight excluding hydrogens is 250 g/mol. The molecule has 104 valence electrons. The molecule has 0 aliphatic rings. The van der Waals surface area contributed by atoms with Crippen molar-refractivity contribution in [3.63, 3.8) is 0 Å². The third kappa shape index (κ3) is 3.35. The Morgan fingerprint density at radius 3 is 2.60 bits per heavy atom. The minimum Gasteiger partial charge on any atom is -0.385 e. The molecule has 0 atom stereocenters. The van der Waals surface area contributed by atoms with Crippen molar-refractivity contribution in [3.8, 4) is 0 Å². The lowest BCUT2D eigenvalue weighted by Gasteiger charge is -2.17. The lowest BCUT2D eigenvalue weighted by atomic mass is 10.1. The smallest absolute Gasteiger partial charge is 0.258 e. The number of aromatic nitrogens is 1. The van der Waals surface area contributed by atoms with E-state index in [0.717, 1.165) is 24.3 Å². The molecule has 1 aromatic heterocycles. The largest absolute Gasteiger partial charge is 0.385 e. The van der Waals surface area contributed by atoms with Crippen LogP contribution in [0.5, 0.6) is 0 Å². The van der Waals surface area contributed by atoms with Crippen molar-refractivity contribution in [1.82, 2.24) is 4.98 Å². The van der Waals surface area contributed by atoms with Crippen LogP contribution in [-0.4, -0.2) is 24.5 Å². The molecule has 2 aromatic rings. The van der Waals surface area contributed by atoms with Crippen LogP contribution in [-0.2, 0) is 0 Å². The van der Waals surface area contributed by atoms with Crippen molar-refractivity contribution in [2.75, 3.05) is 23.8 Å². The van der Waals surface area contributed by atoms with Crippen LogP contribution in [0.4, 0.5) is 11.4 Å². The first-order chi connectivity index (χ1) is 9.72. The van der Waals surface area contributed by atoms with Gasteiger partial charge in [-0.05, 0) is 42.8 Å². The Labute approximate surface area is 119 Å². The van der Waals surface area contributed by atoms with E-state index in [4.69, 9.17) is 0 Å². The van der Waals surface area contributed by atoms with Gasteiger partial charge in [0.25, 0.3) is 5.91 Å². The van der Waals surface area contributed by atoms with Crippen LogP contribution < -0.4 is 10.2 Å². The van der Waals surface area contributed by atoms with Crippen molar-refractivity contribution < 1.29 is 4.79 Å². The van der Waals surface area contributed by atoms with E-state index in [2.05, 4.69) is 17.2 Å². The van der Waals surface area contributed by atoms with Gasteiger partial charge >= 0.3 is 0 Å². The van der Waals surface area contributed by atoms with Gasteiger partial charge in [-0.25, -0.2) is 0 Å². The van der Waals surface area contributed by atoms with Crippen LogP contribution in [0.1, 0.15) is 23.7 Å². The monoisotopic (exact) mass is 269 g/mol. The molecule has 1 aromatic carbocycles. The van der Waals surface area contributed by atoms with E-state index in [9.17, 15) is 4.79 Å². The van der Waals surface area contributed by atoms with E-state index in [1.807, 2.05) is 36.4 Å². The zero-order valence-electron chi connectivity index (χ0n) is 11.8. The van der Waals surface area contributed by atoms with Gasteiger partial charge in [-0.1, -0.05) is 6.92 Å². The maximum Gasteiger partial charge on any atom is 0.258 e. The topological polar surface area (TPSA) is 45.2 Å². The number of hydrogen-bond acceptors (Lipinski definition) is 3. The summed E-state index contributed by atoms with van der Waals surface area (Å²) in [5.41, 5.74) is 2.48. The maximum atomic E-state index is 12.3. The molecular formula is C16H19N3O. The maximum absolute atomic E-state index is 12.3. The third-order valence-corrected chi connectivity index (χ3v) is 3.05. The summed E-state index contributed by atoms with van der Waals surface area (Å²) in [5, 5.41) is 3.29. The second-order valence-electron chi connectivity index (χ2n) is 4.58. The minimum absolute atomic E-state index is 0.0416. The lowest BCUT2D eigenvalue weighted by Crippen LogP contribution is -2.26. The van der Waals surface area contributed by atoms with E-state index < -0.39 is 0 Å². The molecule has 4 heteroatoms. The molecule has 0 saturated carbocycles. The van der Waals surface area contributed by atoms with Gasteiger partial charge in [-0.3, -0.25) is 9.78 Å². The Bertz CT molecular complexity index is 552. The van der Waals surface area contributed by atoms with Crippen molar-refractivity contribution >= 4 is 17.3 Å². The average Bonchev–Trinajstić information content (AvgIpc) is 2.53. The first-order valence-electron chi connectivity index (χ1n) is 6.74. The zero-order valence-corrected chi connectivity index (χ0v) is 11.8. The predicted molar refractivity (Wildman–Crippen MR) is 82.2 cm³/mol. The Hall–Kier alpha value is -2.36. The van der Waals surface area contributed by atoms with Gasteiger partial charge in [-0.2, -0.15) is 0 Å². The number of hydrogen-bond donors (Lipinski definition) is 1. The van der Waals surface area contributed by atoms with Crippen molar-refractivity contribution in [3.05, 3.63) is 54.4 Å². The van der Waals surface area contributed by atoms with E-state index in [1.54, 1.807) is 24.3 Å². The summed E-state index contributed by atoms with van der Waals surface area (Å²) >= 11 is 0.